The molecule has 1 aromatic carbocycles. The van der Waals surface area contributed by atoms with Crippen LogP contribution in [-0.4, -0.2) is 12.5 Å². The first kappa shape index (κ1) is 14.1. The third kappa shape index (κ3) is 4.35. The second-order valence-electron chi connectivity index (χ2n) is 5.45. The number of amides is 1. The highest BCUT2D eigenvalue weighted by Gasteiger charge is 2.13. The van der Waals surface area contributed by atoms with Crippen LogP contribution in [0, 0.1) is 5.92 Å². The predicted molar refractivity (Wildman–Crippen MR) is 77.9 cm³/mol. The fourth-order valence-electron chi connectivity index (χ4n) is 2.76. The SMILES string of the molecule is NCc1ccc(C(=O)NCCC2CCCCC2)cc1. The number of hydrogen-bond donors (Lipinski definition) is 2. The van der Waals surface area contributed by atoms with Gasteiger partial charge in [-0.2, -0.15) is 0 Å². The molecular formula is C16H24N2O. The van der Waals surface area contributed by atoms with Crippen LogP contribution in [0.3, 0.4) is 0 Å². The summed E-state index contributed by atoms with van der Waals surface area (Å²) in [7, 11) is 0. The van der Waals surface area contributed by atoms with Crippen molar-refractivity contribution < 1.29 is 4.79 Å². The van der Waals surface area contributed by atoms with Crippen LogP contribution in [0.1, 0.15) is 54.4 Å². The Balaban J connectivity index is 1.73. The number of nitrogens with one attached hydrogen (secondary N) is 1. The van der Waals surface area contributed by atoms with E-state index in [1.54, 1.807) is 0 Å². The lowest BCUT2D eigenvalue weighted by atomic mass is 9.87. The Bertz CT molecular complexity index is 394. The van der Waals surface area contributed by atoms with Gasteiger partial charge in [-0.3, -0.25) is 4.79 Å². The van der Waals surface area contributed by atoms with Gasteiger partial charge >= 0.3 is 0 Å². The minimum atomic E-state index is 0.0272. The Kier molecular flexibility index (Phi) is 5.40. The van der Waals surface area contributed by atoms with Crippen molar-refractivity contribution in [1.29, 1.82) is 0 Å². The zero-order valence-corrected chi connectivity index (χ0v) is 11.5. The molecular weight excluding hydrogens is 236 g/mol. The van der Waals surface area contributed by atoms with Crippen molar-refractivity contribution in [2.24, 2.45) is 11.7 Å². The summed E-state index contributed by atoms with van der Waals surface area (Å²) >= 11 is 0. The van der Waals surface area contributed by atoms with E-state index in [9.17, 15) is 4.79 Å². The molecule has 0 saturated heterocycles. The van der Waals surface area contributed by atoms with Gasteiger partial charge < -0.3 is 11.1 Å². The van der Waals surface area contributed by atoms with Crippen LogP contribution in [0.15, 0.2) is 24.3 Å². The van der Waals surface area contributed by atoms with Gasteiger partial charge in [0, 0.05) is 18.7 Å². The molecule has 2 rings (SSSR count). The molecule has 1 aromatic rings. The molecule has 0 unspecified atom stereocenters. The van der Waals surface area contributed by atoms with Crippen molar-refractivity contribution in [2.75, 3.05) is 6.54 Å². The maximum atomic E-state index is 11.9. The number of carbonyl (C=O) groups excluding carboxylic acids is 1. The average molecular weight is 260 g/mol. The molecule has 104 valence electrons. The Morgan fingerprint density at radius 2 is 1.84 bits per heavy atom. The van der Waals surface area contributed by atoms with Crippen LogP contribution in [-0.2, 0) is 6.54 Å². The zero-order valence-electron chi connectivity index (χ0n) is 11.5. The quantitative estimate of drug-likeness (QED) is 0.855. The van der Waals surface area contributed by atoms with Crippen LogP contribution >= 0.6 is 0 Å². The summed E-state index contributed by atoms with van der Waals surface area (Å²) in [6, 6.07) is 7.52. The molecule has 3 nitrogen and oxygen atoms in total. The molecule has 0 aromatic heterocycles. The molecule has 0 spiro atoms. The normalized spacial score (nSPS) is 16.3. The molecule has 1 saturated carbocycles. The largest absolute Gasteiger partial charge is 0.352 e. The van der Waals surface area contributed by atoms with Gasteiger partial charge in [-0.1, -0.05) is 44.2 Å². The van der Waals surface area contributed by atoms with Crippen molar-refractivity contribution in [1.82, 2.24) is 5.32 Å². The third-order valence-corrected chi connectivity index (χ3v) is 4.01. The molecule has 3 N–H and O–H groups in total. The lowest BCUT2D eigenvalue weighted by molar-refractivity contribution is 0.0950. The van der Waals surface area contributed by atoms with E-state index < -0.39 is 0 Å². The lowest BCUT2D eigenvalue weighted by Gasteiger charge is -2.21. The topological polar surface area (TPSA) is 55.1 Å². The van der Waals surface area contributed by atoms with E-state index in [4.69, 9.17) is 5.73 Å². The molecule has 3 heteroatoms. The first-order chi connectivity index (χ1) is 9.29. The van der Waals surface area contributed by atoms with Gasteiger partial charge in [-0.05, 0) is 30.0 Å². The molecule has 1 aliphatic carbocycles. The van der Waals surface area contributed by atoms with Crippen molar-refractivity contribution in [2.45, 2.75) is 45.1 Å². The minimum Gasteiger partial charge on any atom is -0.352 e. The highest BCUT2D eigenvalue weighted by atomic mass is 16.1. The van der Waals surface area contributed by atoms with E-state index in [2.05, 4.69) is 5.32 Å². The molecule has 1 fully saturated rings. The van der Waals surface area contributed by atoms with Crippen molar-refractivity contribution in [3.63, 3.8) is 0 Å². The summed E-state index contributed by atoms with van der Waals surface area (Å²) in [5.41, 5.74) is 7.32. The van der Waals surface area contributed by atoms with Gasteiger partial charge in [-0.25, -0.2) is 0 Å². The first-order valence-corrected chi connectivity index (χ1v) is 7.37. The molecule has 0 aliphatic heterocycles. The molecule has 1 aliphatic rings. The van der Waals surface area contributed by atoms with Gasteiger partial charge in [0.2, 0.25) is 0 Å². The van der Waals surface area contributed by atoms with E-state index >= 15 is 0 Å². The van der Waals surface area contributed by atoms with Crippen molar-refractivity contribution in [3.8, 4) is 0 Å². The highest BCUT2D eigenvalue weighted by Crippen LogP contribution is 2.25. The summed E-state index contributed by atoms with van der Waals surface area (Å²) in [6.07, 6.45) is 7.89. The van der Waals surface area contributed by atoms with Crippen LogP contribution in [0.25, 0.3) is 0 Å². The van der Waals surface area contributed by atoms with E-state index in [0.29, 0.717) is 6.54 Å². The van der Waals surface area contributed by atoms with Crippen LogP contribution in [0.5, 0.6) is 0 Å². The summed E-state index contributed by atoms with van der Waals surface area (Å²) in [5, 5.41) is 3.01. The Morgan fingerprint density at radius 1 is 1.16 bits per heavy atom. The van der Waals surface area contributed by atoms with Gasteiger partial charge in [-0.15, -0.1) is 0 Å². The molecule has 0 atom stereocenters. The predicted octanol–water partition coefficient (Wildman–Crippen LogP) is 2.85. The Morgan fingerprint density at radius 3 is 2.47 bits per heavy atom. The highest BCUT2D eigenvalue weighted by molar-refractivity contribution is 5.94. The lowest BCUT2D eigenvalue weighted by Crippen LogP contribution is -2.26. The fourth-order valence-corrected chi connectivity index (χ4v) is 2.76. The third-order valence-electron chi connectivity index (χ3n) is 4.01. The van der Waals surface area contributed by atoms with E-state index in [-0.39, 0.29) is 5.91 Å². The second kappa shape index (κ2) is 7.29. The zero-order chi connectivity index (χ0) is 13.5. The summed E-state index contributed by atoms with van der Waals surface area (Å²) < 4.78 is 0. The maximum absolute atomic E-state index is 11.9. The number of nitrogens with two attached hydrogens (primary N) is 1. The maximum Gasteiger partial charge on any atom is 0.251 e. The Hall–Kier alpha value is -1.35. The summed E-state index contributed by atoms with van der Waals surface area (Å²) in [4.78, 5) is 11.9. The smallest absolute Gasteiger partial charge is 0.251 e. The minimum absolute atomic E-state index is 0.0272. The monoisotopic (exact) mass is 260 g/mol. The molecule has 1 amide bonds. The first-order valence-electron chi connectivity index (χ1n) is 7.37. The average Bonchev–Trinajstić information content (AvgIpc) is 2.48. The van der Waals surface area contributed by atoms with Crippen LogP contribution in [0.2, 0.25) is 0 Å². The van der Waals surface area contributed by atoms with Gasteiger partial charge in [0.1, 0.15) is 0 Å². The fraction of sp³-hybridized carbons (Fsp3) is 0.562. The van der Waals surface area contributed by atoms with Crippen molar-refractivity contribution in [3.05, 3.63) is 35.4 Å². The number of rotatable bonds is 5. The van der Waals surface area contributed by atoms with Crippen LogP contribution < -0.4 is 11.1 Å². The van der Waals surface area contributed by atoms with Gasteiger partial charge in [0.25, 0.3) is 5.91 Å². The van der Waals surface area contributed by atoms with E-state index in [1.165, 1.54) is 32.1 Å². The molecule has 0 radical (unpaired) electrons. The molecule has 0 heterocycles. The number of benzene rings is 1. The Labute approximate surface area is 115 Å². The van der Waals surface area contributed by atoms with E-state index in [0.717, 1.165) is 30.0 Å². The molecule has 19 heavy (non-hydrogen) atoms. The number of carbonyl (C=O) groups is 1. The summed E-state index contributed by atoms with van der Waals surface area (Å²) in [6.45, 7) is 1.31. The summed E-state index contributed by atoms with van der Waals surface area (Å²) in [5.74, 6) is 0.841. The second-order valence-corrected chi connectivity index (χ2v) is 5.45. The van der Waals surface area contributed by atoms with Crippen molar-refractivity contribution >= 4 is 5.91 Å². The van der Waals surface area contributed by atoms with Crippen LogP contribution in [0.4, 0.5) is 0 Å². The standard InChI is InChI=1S/C16H24N2O/c17-12-14-6-8-15(9-7-14)16(19)18-11-10-13-4-2-1-3-5-13/h6-9,13H,1-5,10-12,17H2,(H,18,19). The van der Waals surface area contributed by atoms with E-state index in [1.807, 2.05) is 24.3 Å². The number of hydrogen-bond acceptors (Lipinski definition) is 2. The van der Waals surface area contributed by atoms with Gasteiger partial charge in [0.05, 0.1) is 0 Å². The molecule has 0 bridgehead atoms. The van der Waals surface area contributed by atoms with Gasteiger partial charge in [0.15, 0.2) is 0 Å².